The van der Waals surface area contributed by atoms with Crippen molar-refractivity contribution in [3.63, 3.8) is 0 Å². The van der Waals surface area contributed by atoms with E-state index in [1.807, 2.05) is 0 Å². The quantitative estimate of drug-likeness (QED) is 0.105. The number of hydrogen-bond donors (Lipinski definition) is 0. The minimum atomic E-state index is -3.52. The van der Waals surface area contributed by atoms with Crippen molar-refractivity contribution >= 4 is 12.6 Å². The predicted molar refractivity (Wildman–Crippen MR) is 182 cm³/mol. The van der Waals surface area contributed by atoms with Crippen LogP contribution in [0.1, 0.15) is 144 Å². The van der Waals surface area contributed by atoms with Crippen LogP contribution in [0.4, 0.5) is 0 Å². The molecule has 0 radical (unpaired) electrons. The summed E-state index contributed by atoms with van der Waals surface area (Å²) >= 11 is -3.52. The fourth-order valence-electron chi connectivity index (χ4n) is 8.64. The standard InChI is InChI=1S/C18H37.C10H15.C6H7Si.3CH3.Ti/c1-3-5-7-9-11-13-15-17-18-16-14-12-10-8-6-4-2;1-6-7(2)9(4)10(5)8(6)3;7-6-4-2-1-3-5-6;;;;/h1,3-18H2,2H3;1-5H3;1-5H,7H2;3*1H3;. The molecule has 2 heteroatoms. The van der Waals surface area contributed by atoms with E-state index in [1.54, 1.807) is 27.5 Å². The average molecular weight is 589 g/mol. The Morgan fingerprint density at radius 2 is 0.923 bits per heavy atom. The Labute approximate surface area is 245 Å². The molecule has 0 unspecified atom stereocenters. The van der Waals surface area contributed by atoms with Gasteiger partial charge in [-0.15, -0.1) is 0 Å². The van der Waals surface area contributed by atoms with E-state index in [9.17, 15) is 0 Å². The van der Waals surface area contributed by atoms with Crippen LogP contribution >= 0.6 is 0 Å². The van der Waals surface area contributed by atoms with E-state index < -0.39 is 20.7 Å². The third-order valence-corrected chi connectivity index (χ3v) is 39.8. The number of hydrogen-bond acceptors (Lipinski definition) is 0. The Morgan fingerprint density at radius 1 is 0.564 bits per heavy atom. The molecule has 224 valence electrons. The molecule has 0 amide bonds. The molecule has 0 fully saturated rings. The molecule has 1 aromatic carbocycles. The second kappa shape index (κ2) is 14.7. The minimum absolute atomic E-state index is 0.283. The molecular formula is C37H68SiTi. The second-order valence-electron chi connectivity index (χ2n) is 16.3. The number of allylic oxidation sites excluding steroid dienone is 4. The van der Waals surface area contributed by atoms with Crippen LogP contribution in [0.5, 0.6) is 0 Å². The average Bonchev–Trinajstić information content (AvgIpc) is 3.05. The van der Waals surface area contributed by atoms with Crippen molar-refractivity contribution < 1.29 is 13.3 Å². The van der Waals surface area contributed by atoms with Crippen LogP contribution in [0, 0.1) is 0 Å². The third kappa shape index (κ3) is 8.58. The number of benzene rings is 1. The predicted octanol–water partition coefficient (Wildman–Crippen LogP) is 12.3. The molecule has 0 nitrogen and oxygen atoms in total. The molecule has 0 aliphatic heterocycles. The fourth-order valence-corrected chi connectivity index (χ4v) is 35.5. The topological polar surface area (TPSA) is 0 Å². The summed E-state index contributed by atoms with van der Waals surface area (Å²) in [4.78, 5) is 0. The molecule has 39 heavy (non-hydrogen) atoms. The molecule has 0 spiro atoms. The van der Waals surface area contributed by atoms with E-state index in [1.165, 1.54) is 107 Å². The molecule has 0 aromatic heterocycles. The Morgan fingerprint density at radius 3 is 1.31 bits per heavy atom. The van der Waals surface area contributed by atoms with Crippen molar-refractivity contribution in [1.29, 1.82) is 0 Å². The maximum absolute atomic E-state index is 3.52. The van der Waals surface area contributed by atoms with Crippen molar-refractivity contribution in [2.45, 2.75) is 168 Å². The number of unbranched alkanes of at least 4 members (excludes halogenated alkanes) is 15. The van der Waals surface area contributed by atoms with Crippen LogP contribution in [-0.4, -0.2) is 7.39 Å². The van der Waals surface area contributed by atoms with E-state index in [0.717, 1.165) is 0 Å². The van der Waals surface area contributed by atoms with Gasteiger partial charge in [-0.3, -0.25) is 0 Å². The van der Waals surface area contributed by atoms with Gasteiger partial charge in [0, 0.05) is 0 Å². The Hall–Kier alpha value is -0.369. The van der Waals surface area contributed by atoms with Gasteiger partial charge in [0.25, 0.3) is 0 Å². The van der Waals surface area contributed by atoms with Gasteiger partial charge < -0.3 is 0 Å². The summed E-state index contributed by atoms with van der Waals surface area (Å²) in [5.74, 6) is 0. The second-order valence-corrected chi connectivity index (χ2v) is 49.3. The summed E-state index contributed by atoms with van der Waals surface area (Å²) in [7, 11) is -0.429. The normalized spacial score (nSPS) is 17.9. The zero-order valence-corrected chi connectivity index (χ0v) is 31.1. The van der Waals surface area contributed by atoms with Crippen LogP contribution in [-0.2, 0) is 13.3 Å². The summed E-state index contributed by atoms with van der Waals surface area (Å²) in [6.07, 6.45) is 23.2. The molecule has 1 aliphatic carbocycles. The molecular weight excluding hydrogens is 520 g/mol. The first kappa shape index (κ1) is 34.8. The van der Waals surface area contributed by atoms with E-state index in [0.29, 0.717) is 0 Å². The van der Waals surface area contributed by atoms with Crippen LogP contribution in [0.15, 0.2) is 52.6 Å². The molecule has 0 atom stereocenters. The van der Waals surface area contributed by atoms with Crippen LogP contribution in [0.3, 0.4) is 0 Å². The van der Waals surface area contributed by atoms with Crippen molar-refractivity contribution in [2.75, 3.05) is 0 Å². The van der Waals surface area contributed by atoms with E-state index in [-0.39, 0.29) is 3.72 Å². The van der Waals surface area contributed by atoms with Gasteiger partial charge in [0.15, 0.2) is 0 Å². The van der Waals surface area contributed by atoms with Gasteiger partial charge >= 0.3 is 208 Å². The first-order chi connectivity index (χ1) is 18.3. The molecule has 0 heterocycles. The Bertz CT molecular complexity index is 931. The van der Waals surface area contributed by atoms with Gasteiger partial charge in [0.05, 0.1) is 0 Å². The molecule has 2 rings (SSSR count). The summed E-state index contributed by atoms with van der Waals surface area (Å²) in [5, 5.41) is 10.3. The van der Waals surface area contributed by atoms with E-state index in [2.05, 4.69) is 87.6 Å². The zero-order valence-electron chi connectivity index (χ0n) is 28.1. The summed E-state index contributed by atoms with van der Waals surface area (Å²) < 4.78 is 1.77. The molecule has 0 bridgehead atoms. The Kier molecular flexibility index (Phi) is 13.1. The number of rotatable bonds is 20. The monoisotopic (exact) mass is 588 g/mol. The fraction of sp³-hybridized carbons (Fsp3) is 0.730. The van der Waals surface area contributed by atoms with Gasteiger partial charge in [-0.2, -0.15) is 0 Å². The van der Waals surface area contributed by atoms with Crippen molar-refractivity contribution in [2.24, 2.45) is 0 Å². The summed E-state index contributed by atoms with van der Waals surface area (Å²) in [5.41, 5.74) is 6.58. The van der Waals surface area contributed by atoms with Gasteiger partial charge in [-0.05, 0) is 0 Å². The van der Waals surface area contributed by atoms with Crippen LogP contribution in [0.25, 0.3) is 0 Å². The molecule has 0 N–H and O–H groups in total. The SMILES string of the molecule is CCCCCCCCCCCCCCCCC[CH2][Ti]([CH3])([CH3])([CH3])([SiH2]c1ccccc1)[C]1(C)C(C)=C(C)C(C)=C1C. The van der Waals surface area contributed by atoms with E-state index >= 15 is 0 Å². The molecule has 1 aromatic rings. The van der Waals surface area contributed by atoms with Crippen LogP contribution < -0.4 is 5.19 Å². The summed E-state index contributed by atoms with van der Waals surface area (Å²) in [6, 6.07) is 11.7. The third-order valence-electron chi connectivity index (χ3n) is 12.3. The zero-order chi connectivity index (χ0) is 29.1. The van der Waals surface area contributed by atoms with Crippen molar-refractivity contribution in [1.82, 2.24) is 0 Å². The van der Waals surface area contributed by atoms with Gasteiger partial charge in [0.2, 0.25) is 0 Å². The Balaban J connectivity index is 1.85. The van der Waals surface area contributed by atoms with Gasteiger partial charge in [0.1, 0.15) is 0 Å². The first-order valence-corrected chi connectivity index (χ1v) is 28.5. The first-order valence-electron chi connectivity index (χ1n) is 17.2. The van der Waals surface area contributed by atoms with E-state index in [4.69, 9.17) is 0 Å². The van der Waals surface area contributed by atoms with Gasteiger partial charge in [-0.25, -0.2) is 0 Å². The van der Waals surface area contributed by atoms with Gasteiger partial charge in [-0.1, -0.05) is 39.0 Å². The molecule has 0 saturated carbocycles. The summed E-state index contributed by atoms with van der Waals surface area (Å²) in [6.45, 7) is 14.8. The van der Waals surface area contributed by atoms with Crippen molar-refractivity contribution in [3.05, 3.63) is 52.6 Å². The van der Waals surface area contributed by atoms with Crippen LogP contribution in [0.2, 0.25) is 24.1 Å². The maximum atomic E-state index is 2.88. The van der Waals surface area contributed by atoms with Crippen molar-refractivity contribution in [3.8, 4) is 0 Å². The molecule has 0 saturated heterocycles. The molecule has 1 aliphatic rings.